The number of hydrogen-bond acceptors (Lipinski definition) is 0. The third-order valence-corrected chi connectivity index (χ3v) is 7.53. The van der Waals surface area contributed by atoms with E-state index in [2.05, 4.69) is 74.4 Å². The van der Waals surface area contributed by atoms with Gasteiger partial charge in [0.15, 0.2) is 11.6 Å². The first-order valence-corrected chi connectivity index (χ1v) is 16.0. The predicted octanol–water partition coefficient (Wildman–Crippen LogP) is 13.8. The zero-order chi connectivity index (χ0) is 35.7. The fourth-order valence-electron chi connectivity index (χ4n) is 3.83. The Morgan fingerprint density at radius 3 is 1.04 bits per heavy atom. The zero-order valence-electron chi connectivity index (χ0n) is 29.4. The number of halogens is 6. The molecule has 0 aliphatic carbocycles. The molecule has 4 rings (SSSR count). The lowest BCUT2D eigenvalue weighted by Crippen LogP contribution is -2.11. The fourth-order valence-corrected chi connectivity index (χ4v) is 4.13. The van der Waals surface area contributed by atoms with Crippen molar-refractivity contribution in [2.75, 3.05) is 0 Å². The first-order chi connectivity index (χ1) is 20.8. The predicted molar refractivity (Wildman–Crippen MR) is 190 cm³/mol. The van der Waals surface area contributed by atoms with Gasteiger partial charge in [-0.3, -0.25) is 0 Å². The van der Waals surface area contributed by atoms with Gasteiger partial charge in [-0.1, -0.05) is 143 Å². The van der Waals surface area contributed by atoms with Crippen molar-refractivity contribution in [3.8, 4) is 0 Å². The van der Waals surface area contributed by atoms with Gasteiger partial charge in [0.25, 0.3) is 0 Å². The molecule has 0 spiro atoms. The molecule has 0 aromatic heterocycles. The first kappa shape index (κ1) is 41.2. The van der Waals surface area contributed by atoms with Gasteiger partial charge in [0.2, 0.25) is 0 Å². The van der Waals surface area contributed by atoms with E-state index in [0.29, 0.717) is 0 Å². The van der Waals surface area contributed by atoms with Gasteiger partial charge < -0.3 is 0 Å². The number of benzene rings is 4. The molecule has 0 aliphatic heterocycles. The van der Waals surface area contributed by atoms with Crippen LogP contribution < -0.4 is 0 Å². The highest BCUT2D eigenvalue weighted by Gasteiger charge is 2.16. The van der Waals surface area contributed by atoms with Crippen LogP contribution in [-0.2, 0) is 21.7 Å². The molecule has 0 saturated heterocycles. The minimum absolute atomic E-state index is 0.0251. The molecular weight excluding hydrogens is 627 g/mol. The molecule has 0 unspecified atom stereocenters. The van der Waals surface area contributed by atoms with Crippen LogP contribution in [0.3, 0.4) is 0 Å². The van der Waals surface area contributed by atoms with Gasteiger partial charge in [-0.2, -0.15) is 0 Å². The maximum atomic E-state index is 12.8. The van der Waals surface area contributed by atoms with Crippen LogP contribution in [0.1, 0.15) is 105 Å². The lowest BCUT2D eigenvalue weighted by molar-refractivity contribution is 0.499. The average molecular weight is 678 g/mol. The first-order valence-electron chi connectivity index (χ1n) is 15.3. The van der Waals surface area contributed by atoms with Crippen molar-refractivity contribution in [3.63, 3.8) is 0 Å². The molecule has 4 aromatic carbocycles. The molecular formula is C40H50Cl2F4. The summed E-state index contributed by atoms with van der Waals surface area (Å²) in [5.41, 5.74) is 4.58. The maximum Gasteiger partial charge on any atom is 0.159 e. The minimum atomic E-state index is -0.789. The Morgan fingerprint density at radius 1 is 0.370 bits per heavy atom. The third kappa shape index (κ3) is 14.7. The summed E-state index contributed by atoms with van der Waals surface area (Å²) >= 11 is 11.4. The van der Waals surface area contributed by atoms with Gasteiger partial charge in [-0.05, 0) is 92.4 Å². The second-order valence-corrected chi connectivity index (χ2v) is 16.1. The van der Waals surface area contributed by atoms with E-state index in [9.17, 15) is 17.6 Å². The molecule has 0 N–H and O–H groups in total. The molecule has 0 amide bonds. The highest BCUT2D eigenvalue weighted by atomic mass is 35.5. The van der Waals surface area contributed by atoms with Crippen molar-refractivity contribution < 1.29 is 17.6 Å². The summed E-state index contributed by atoms with van der Waals surface area (Å²) < 4.78 is 50.5. The molecule has 0 fully saturated rings. The van der Waals surface area contributed by atoms with Gasteiger partial charge in [-0.25, -0.2) is 17.6 Å². The van der Waals surface area contributed by atoms with Crippen LogP contribution in [0.25, 0.3) is 0 Å². The van der Waals surface area contributed by atoms with Crippen LogP contribution in [0.2, 0.25) is 10.0 Å². The lowest BCUT2D eigenvalue weighted by atomic mass is 9.87. The Bertz CT molecular complexity index is 1380. The normalized spacial score (nSPS) is 11.7. The van der Waals surface area contributed by atoms with Crippen LogP contribution >= 0.6 is 23.2 Å². The van der Waals surface area contributed by atoms with Crippen molar-refractivity contribution in [1.82, 2.24) is 0 Å². The average Bonchev–Trinajstić information content (AvgIpc) is 2.91. The van der Waals surface area contributed by atoms with Gasteiger partial charge in [0, 0.05) is 5.02 Å². The summed E-state index contributed by atoms with van der Waals surface area (Å²) in [6.07, 6.45) is 0. The lowest BCUT2D eigenvalue weighted by Gasteiger charge is -2.18. The standard InChI is InChI=1S/C10H12ClF.C10H13Cl.C10H12F2.C10H13F/c1-10(2,3)7-4-5-9(12)8(11)6-7;1-10(2,3)8-4-6-9(11)7-5-8;1-10(2,3)7-4-5-8(11)9(12)6-7;1-10(2,3)8-4-6-9(11)7-5-8/h4-6H,1-3H3;4-7H,1-3H3;4-6H,1-3H3;4-7H,1-3H3. The van der Waals surface area contributed by atoms with Gasteiger partial charge >= 0.3 is 0 Å². The van der Waals surface area contributed by atoms with Gasteiger partial charge in [-0.15, -0.1) is 0 Å². The SMILES string of the molecule is CC(C)(C)c1ccc(Cl)cc1.CC(C)(C)c1ccc(F)c(Cl)c1.CC(C)(C)c1ccc(F)c(F)c1.CC(C)(C)c1ccc(F)cc1. The summed E-state index contributed by atoms with van der Waals surface area (Å²) in [6, 6.07) is 23.5. The van der Waals surface area contributed by atoms with E-state index in [4.69, 9.17) is 23.2 Å². The highest BCUT2D eigenvalue weighted by molar-refractivity contribution is 6.31. The molecule has 46 heavy (non-hydrogen) atoms. The zero-order valence-corrected chi connectivity index (χ0v) is 30.9. The largest absolute Gasteiger partial charge is 0.207 e. The fraction of sp³-hybridized carbons (Fsp3) is 0.400. The Balaban J connectivity index is 0.000000307. The number of hydrogen-bond donors (Lipinski definition) is 0. The van der Waals surface area contributed by atoms with Crippen LogP contribution in [0.15, 0.2) is 84.9 Å². The highest BCUT2D eigenvalue weighted by Crippen LogP contribution is 2.27. The van der Waals surface area contributed by atoms with E-state index in [0.717, 1.165) is 22.2 Å². The molecule has 6 heteroatoms. The maximum absolute atomic E-state index is 12.8. The minimum Gasteiger partial charge on any atom is -0.207 e. The van der Waals surface area contributed by atoms with E-state index >= 15 is 0 Å². The molecule has 0 radical (unpaired) electrons. The van der Waals surface area contributed by atoms with Crippen LogP contribution in [0.4, 0.5) is 17.6 Å². The molecule has 0 atom stereocenters. The summed E-state index contributed by atoms with van der Waals surface area (Å²) in [6.45, 7) is 25.0. The van der Waals surface area contributed by atoms with Crippen molar-refractivity contribution in [2.45, 2.75) is 105 Å². The van der Waals surface area contributed by atoms with Crippen molar-refractivity contribution in [3.05, 3.63) is 140 Å². The second-order valence-electron chi connectivity index (χ2n) is 15.3. The van der Waals surface area contributed by atoms with Gasteiger partial charge in [0.05, 0.1) is 5.02 Å². The van der Waals surface area contributed by atoms with E-state index in [1.807, 2.05) is 45.0 Å². The van der Waals surface area contributed by atoms with Crippen molar-refractivity contribution in [1.29, 1.82) is 0 Å². The van der Waals surface area contributed by atoms with Gasteiger partial charge in [0.1, 0.15) is 11.6 Å². The molecule has 4 aromatic rings. The topological polar surface area (TPSA) is 0 Å². The third-order valence-electron chi connectivity index (χ3n) is 6.99. The summed E-state index contributed by atoms with van der Waals surface area (Å²) in [5.74, 6) is -2.09. The van der Waals surface area contributed by atoms with Crippen molar-refractivity contribution >= 4 is 23.2 Å². The van der Waals surface area contributed by atoms with E-state index < -0.39 is 11.6 Å². The van der Waals surface area contributed by atoms with Crippen LogP contribution in [0, 0.1) is 23.3 Å². The van der Waals surface area contributed by atoms with E-state index in [1.165, 1.54) is 35.4 Å². The summed E-state index contributed by atoms with van der Waals surface area (Å²) in [5, 5.41) is 1.00. The quantitative estimate of drug-likeness (QED) is 0.163. The molecule has 252 valence electrons. The Kier molecular flexibility index (Phi) is 15.1. The van der Waals surface area contributed by atoms with Crippen LogP contribution in [0.5, 0.6) is 0 Å². The molecule has 0 bridgehead atoms. The number of rotatable bonds is 0. The molecule has 0 aliphatic rings. The molecule has 0 saturated carbocycles. The van der Waals surface area contributed by atoms with E-state index in [-0.39, 0.29) is 38.3 Å². The van der Waals surface area contributed by atoms with Crippen LogP contribution in [-0.4, -0.2) is 0 Å². The van der Waals surface area contributed by atoms with Crippen molar-refractivity contribution in [2.24, 2.45) is 0 Å². The molecule has 0 heterocycles. The summed E-state index contributed by atoms with van der Waals surface area (Å²) in [7, 11) is 0. The Hall–Kier alpha value is -2.82. The monoisotopic (exact) mass is 676 g/mol. The molecule has 0 nitrogen and oxygen atoms in total. The Morgan fingerprint density at radius 2 is 0.696 bits per heavy atom. The van der Waals surface area contributed by atoms with E-state index in [1.54, 1.807) is 18.2 Å². The second kappa shape index (κ2) is 16.8. The smallest absolute Gasteiger partial charge is 0.159 e. The Labute approximate surface area is 285 Å². The summed E-state index contributed by atoms with van der Waals surface area (Å²) in [4.78, 5) is 0.